The fourth-order valence-electron chi connectivity index (χ4n) is 3.14. The van der Waals surface area contributed by atoms with E-state index < -0.39 is 6.29 Å². The van der Waals surface area contributed by atoms with Gasteiger partial charge in [0.15, 0.2) is 12.1 Å². The van der Waals surface area contributed by atoms with E-state index in [0.717, 1.165) is 58.2 Å². The highest BCUT2D eigenvalue weighted by atomic mass is 79.9. The summed E-state index contributed by atoms with van der Waals surface area (Å²) < 4.78 is 8.10. The van der Waals surface area contributed by atoms with Crippen molar-refractivity contribution in [2.24, 2.45) is 0 Å². The third-order valence-electron chi connectivity index (χ3n) is 4.45. The number of nitrogens with zero attached hydrogens (tertiary/aromatic N) is 3. The van der Waals surface area contributed by atoms with Gasteiger partial charge in [0.2, 0.25) is 0 Å². The van der Waals surface area contributed by atoms with Gasteiger partial charge in [-0.15, -0.1) is 0 Å². The number of methoxy groups -OCH3 is 1. The first-order valence-electron chi connectivity index (χ1n) is 8.64. The average Bonchev–Trinajstić information content (AvgIpc) is 2.99. The number of ether oxygens (including phenoxy) is 1. The topological polar surface area (TPSA) is 98.2 Å². The van der Waals surface area contributed by atoms with Crippen LogP contribution in [0.2, 0.25) is 0 Å². The Morgan fingerprint density at radius 1 is 1.38 bits per heavy atom. The van der Waals surface area contributed by atoms with Crippen LogP contribution in [0, 0.1) is 0 Å². The number of nitrogens with one attached hydrogen (secondary N) is 1. The van der Waals surface area contributed by atoms with Crippen LogP contribution in [0.15, 0.2) is 22.7 Å². The number of halogens is 1. The van der Waals surface area contributed by atoms with Crippen molar-refractivity contribution in [1.29, 1.82) is 0 Å². The number of aryl methyl sites for hydroxylation is 1. The molecule has 0 saturated heterocycles. The predicted octanol–water partition coefficient (Wildman–Crippen LogP) is 2.44. The molecule has 1 atom stereocenters. The Hall–Kier alpha value is -1.74. The van der Waals surface area contributed by atoms with Crippen molar-refractivity contribution in [3.63, 3.8) is 0 Å². The molecule has 2 aromatic heterocycles. The van der Waals surface area contributed by atoms with Gasteiger partial charge < -0.3 is 25.5 Å². The Balaban J connectivity index is 2.11. The van der Waals surface area contributed by atoms with Crippen LogP contribution < -0.4 is 11.1 Å². The quantitative estimate of drug-likeness (QED) is 0.483. The molecule has 3 aromatic rings. The third kappa shape index (κ3) is 3.83. The van der Waals surface area contributed by atoms with Crippen LogP contribution in [0.25, 0.3) is 21.9 Å². The van der Waals surface area contributed by atoms with Gasteiger partial charge in [-0.1, -0.05) is 15.9 Å². The predicted molar refractivity (Wildman–Crippen MR) is 107 cm³/mol. The number of aliphatic hydroxyl groups excluding tert-OH is 1. The van der Waals surface area contributed by atoms with Gasteiger partial charge in [-0.05, 0) is 38.1 Å². The maximum absolute atomic E-state index is 9.66. The molecule has 0 fully saturated rings. The number of rotatable bonds is 8. The second-order valence-electron chi connectivity index (χ2n) is 6.22. The molecule has 2 heterocycles. The molecule has 0 saturated carbocycles. The number of hydrogen-bond acceptors (Lipinski definition) is 6. The van der Waals surface area contributed by atoms with Crippen molar-refractivity contribution in [2.75, 3.05) is 26.4 Å². The van der Waals surface area contributed by atoms with Crippen molar-refractivity contribution >= 4 is 43.7 Å². The van der Waals surface area contributed by atoms with Crippen LogP contribution in [0.4, 0.5) is 5.82 Å². The Morgan fingerprint density at radius 2 is 2.19 bits per heavy atom. The molecular formula is C18H24BrN5O2. The summed E-state index contributed by atoms with van der Waals surface area (Å²) in [5, 5.41) is 13.8. The van der Waals surface area contributed by atoms with Crippen LogP contribution in [0.5, 0.6) is 0 Å². The maximum atomic E-state index is 9.66. The summed E-state index contributed by atoms with van der Waals surface area (Å²) in [6.07, 6.45) is 1.37. The smallest absolute Gasteiger partial charge is 0.154 e. The Morgan fingerprint density at radius 3 is 2.92 bits per heavy atom. The first kappa shape index (κ1) is 19.0. The Labute approximate surface area is 160 Å². The number of nitrogen functional groups attached to an aromatic ring is 1. The van der Waals surface area contributed by atoms with E-state index in [-0.39, 0.29) is 0 Å². The number of pyridine rings is 1. The van der Waals surface area contributed by atoms with Crippen molar-refractivity contribution < 1.29 is 9.84 Å². The number of hydrogen-bond donors (Lipinski definition) is 3. The molecule has 1 aromatic carbocycles. The zero-order valence-corrected chi connectivity index (χ0v) is 16.6. The van der Waals surface area contributed by atoms with Crippen molar-refractivity contribution in [3.05, 3.63) is 28.5 Å². The molecule has 0 aliphatic rings. The molecule has 0 amide bonds. The third-order valence-corrected chi connectivity index (χ3v) is 4.94. The number of anilines is 1. The number of benzene rings is 1. The number of fused-ring (bicyclic) bond motifs is 3. The van der Waals surface area contributed by atoms with E-state index in [0.29, 0.717) is 12.2 Å². The molecule has 0 aliphatic heterocycles. The lowest BCUT2D eigenvalue weighted by molar-refractivity contribution is -0.0795. The summed E-state index contributed by atoms with van der Waals surface area (Å²) in [5.74, 6) is 1.40. The summed E-state index contributed by atoms with van der Waals surface area (Å²) in [6.45, 7) is 1.55. The summed E-state index contributed by atoms with van der Waals surface area (Å²) >= 11 is 3.49. The van der Waals surface area contributed by atoms with Crippen LogP contribution in [0.3, 0.4) is 0 Å². The SMILES string of the molecule is CNCCc1nc2c(N)nc3cc(Br)ccc3c2n1CCCC(O)OC. The fourth-order valence-corrected chi connectivity index (χ4v) is 3.49. The minimum absolute atomic E-state index is 0.437. The molecule has 1 unspecified atom stereocenters. The lowest BCUT2D eigenvalue weighted by atomic mass is 10.2. The Kier molecular flexibility index (Phi) is 6.08. The molecule has 0 spiro atoms. The number of aromatic nitrogens is 3. The lowest BCUT2D eigenvalue weighted by Gasteiger charge is -2.13. The van der Waals surface area contributed by atoms with Gasteiger partial charge in [0.05, 0.1) is 11.0 Å². The summed E-state index contributed by atoms with van der Waals surface area (Å²) in [5.41, 5.74) is 8.77. The number of likely N-dealkylation sites (N-methyl/N-ethyl adjacent to an activating group) is 1. The van der Waals surface area contributed by atoms with Gasteiger partial charge >= 0.3 is 0 Å². The van der Waals surface area contributed by atoms with Crippen molar-refractivity contribution in [1.82, 2.24) is 19.9 Å². The van der Waals surface area contributed by atoms with Gasteiger partial charge in [-0.2, -0.15) is 0 Å². The maximum Gasteiger partial charge on any atom is 0.154 e. The van der Waals surface area contributed by atoms with E-state index in [1.54, 1.807) is 0 Å². The van der Waals surface area contributed by atoms with E-state index in [4.69, 9.17) is 15.5 Å². The normalized spacial score (nSPS) is 12.9. The van der Waals surface area contributed by atoms with Gasteiger partial charge in [-0.3, -0.25) is 0 Å². The van der Waals surface area contributed by atoms with Crippen molar-refractivity contribution in [2.45, 2.75) is 32.1 Å². The van der Waals surface area contributed by atoms with Crippen LogP contribution in [-0.2, 0) is 17.7 Å². The minimum atomic E-state index is -0.745. The number of imidazole rings is 1. The fraction of sp³-hybridized carbons (Fsp3) is 0.444. The molecule has 3 rings (SSSR count). The summed E-state index contributed by atoms with van der Waals surface area (Å²) in [4.78, 5) is 9.29. The first-order valence-corrected chi connectivity index (χ1v) is 9.43. The molecule has 0 aliphatic carbocycles. The van der Waals surface area contributed by atoms with E-state index in [9.17, 15) is 5.11 Å². The molecule has 0 radical (unpaired) electrons. The molecule has 0 bridgehead atoms. The lowest BCUT2D eigenvalue weighted by Crippen LogP contribution is -2.15. The second-order valence-corrected chi connectivity index (χ2v) is 7.14. The summed E-state index contributed by atoms with van der Waals surface area (Å²) in [7, 11) is 3.43. The highest BCUT2D eigenvalue weighted by molar-refractivity contribution is 9.10. The van der Waals surface area contributed by atoms with Gasteiger partial charge in [-0.25, -0.2) is 9.97 Å². The minimum Gasteiger partial charge on any atom is -0.382 e. The standard InChI is InChI=1S/C18H24BrN5O2/c1-21-8-7-14-23-16-17(24(14)9-3-4-15(25)26-2)12-6-5-11(19)10-13(12)22-18(16)20/h5-6,10,15,21,25H,3-4,7-9H2,1-2H3,(H2,20,22). The summed E-state index contributed by atoms with van der Waals surface area (Å²) in [6, 6.07) is 6.00. The number of nitrogens with two attached hydrogens (primary N) is 1. The molecule has 8 heteroatoms. The zero-order valence-electron chi connectivity index (χ0n) is 15.0. The molecule has 7 nitrogen and oxygen atoms in total. The van der Waals surface area contributed by atoms with Crippen LogP contribution in [0.1, 0.15) is 18.7 Å². The second kappa shape index (κ2) is 8.30. The molecule has 4 N–H and O–H groups in total. The first-order chi connectivity index (χ1) is 12.5. The van der Waals surface area contributed by atoms with Gasteiger partial charge in [0.25, 0.3) is 0 Å². The van der Waals surface area contributed by atoms with E-state index in [1.807, 2.05) is 25.2 Å². The molecule has 26 heavy (non-hydrogen) atoms. The molecule has 140 valence electrons. The zero-order chi connectivity index (χ0) is 18.7. The Bertz CT molecular complexity index is 912. The van der Waals surface area contributed by atoms with E-state index in [1.165, 1.54) is 7.11 Å². The average molecular weight is 422 g/mol. The number of aliphatic hydroxyl groups is 1. The van der Waals surface area contributed by atoms with Gasteiger partial charge in [0, 0.05) is 36.5 Å². The highest BCUT2D eigenvalue weighted by Gasteiger charge is 2.17. The van der Waals surface area contributed by atoms with Crippen LogP contribution in [-0.4, -0.2) is 46.6 Å². The van der Waals surface area contributed by atoms with E-state index in [2.05, 4.69) is 30.8 Å². The van der Waals surface area contributed by atoms with E-state index >= 15 is 0 Å². The highest BCUT2D eigenvalue weighted by Crippen LogP contribution is 2.31. The van der Waals surface area contributed by atoms with Crippen molar-refractivity contribution in [3.8, 4) is 0 Å². The largest absolute Gasteiger partial charge is 0.382 e. The van der Waals surface area contributed by atoms with Gasteiger partial charge in [0.1, 0.15) is 11.3 Å². The van der Waals surface area contributed by atoms with Crippen LogP contribution >= 0.6 is 15.9 Å². The monoisotopic (exact) mass is 421 g/mol. The molecular weight excluding hydrogens is 398 g/mol.